The van der Waals surface area contributed by atoms with Crippen LogP contribution in [0.15, 0.2) is 51.7 Å². The molecule has 3 aromatic rings. The third kappa shape index (κ3) is 4.65. The summed E-state index contributed by atoms with van der Waals surface area (Å²) in [7, 11) is 0. The lowest BCUT2D eigenvalue weighted by molar-refractivity contribution is -0.117. The molecule has 0 atom stereocenters. The van der Waals surface area contributed by atoms with E-state index >= 15 is 0 Å². The smallest absolute Gasteiger partial charge is 0.250 e. The van der Waals surface area contributed by atoms with E-state index in [-0.39, 0.29) is 11.8 Å². The highest BCUT2D eigenvalue weighted by Gasteiger charge is 2.26. The van der Waals surface area contributed by atoms with Gasteiger partial charge in [-0.3, -0.25) is 9.69 Å². The molecular formula is C21H24N4O4. The normalized spacial score (nSPS) is 15.3. The van der Waals surface area contributed by atoms with Gasteiger partial charge in [0.15, 0.2) is 0 Å². The molecule has 1 amide bonds. The molecule has 1 N–H and O–H groups in total. The Bertz CT molecular complexity index is 930. The number of aromatic nitrogens is 2. The highest BCUT2D eigenvalue weighted by Crippen LogP contribution is 2.29. The number of likely N-dealkylation sites (tertiary alicyclic amines) is 1. The van der Waals surface area contributed by atoms with Gasteiger partial charge in [0.25, 0.3) is 5.89 Å². The third-order valence-electron chi connectivity index (χ3n) is 4.97. The average Bonchev–Trinajstić information content (AvgIpc) is 3.42. The first-order valence-corrected chi connectivity index (χ1v) is 9.83. The minimum absolute atomic E-state index is 0.0457. The minimum Gasteiger partial charge on any atom is -0.492 e. The first-order valence-electron chi connectivity index (χ1n) is 9.83. The molecule has 4 rings (SSSR count). The van der Waals surface area contributed by atoms with Gasteiger partial charge in [0.1, 0.15) is 12.0 Å². The van der Waals surface area contributed by atoms with Gasteiger partial charge in [-0.25, -0.2) is 0 Å². The molecule has 1 aromatic carbocycles. The zero-order valence-corrected chi connectivity index (χ0v) is 16.3. The maximum Gasteiger partial charge on any atom is 0.250 e. The minimum atomic E-state index is -0.0457. The second-order valence-corrected chi connectivity index (χ2v) is 6.99. The Balaban J connectivity index is 1.28. The van der Waals surface area contributed by atoms with Crippen molar-refractivity contribution < 1.29 is 18.4 Å². The van der Waals surface area contributed by atoms with Crippen molar-refractivity contribution in [3.8, 4) is 17.2 Å². The Morgan fingerprint density at radius 3 is 2.83 bits per heavy atom. The highest BCUT2D eigenvalue weighted by molar-refractivity contribution is 5.93. The zero-order chi connectivity index (χ0) is 20.1. The number of nitrogens with one attached hydrogen (secondary N) is 1. The van der Waals surface area contributed by atoms with Gasteiger partial charge in [-0.05, 0) is 51.1 Å². The number of para-hydroxylation sites is 2. The van der Waals surface area contributed by atoms with E-state index in [0.29, 0.717) is 36.4 Å². The first-order chi connectivity index (χ1) is 14.2. The summed E-state index contributed by atoms with van der Waals surface area (Å²) in [6.45, 7) is 4.42. The van der Waals surface area contributed by atoms with Gasteiger partial charge in [-0.1, -0.05) is 12.1 Å². The maximum absolute atomic E-state index is 12.5. The van der Waals surface area contributed by atoms with Crippen molar-refractivity contribution in [3.05, 3.63) is 48.7 Å². The molecule has 1 saturated heterocycles. The number of carbonyl (C=O) groups is 1. The number of hydrogen-bond donors (Lipinski definition) is 1. The van der Waals surface area contributed by atoms with Gasteiger partial charge in [0, 0.05) is 5.92 Å². The van der Waals surface area contributed by atoms with Crippen LogP contribution in [0.4, 0.5) is 5.69 Å². The zero-order valence-electron chi connectivity index (χ0n) is 16.3. The van der Waals surface area contributed by atoms with E-state index in [9.17, 15) is 4.79 Å². The summed E-state index contributed by atoms with van der Waals surface area (Å²) in [5, 5.41) is 11.2. The molecule has 0 saturated carbocycles. The van der Waals surface area contributed by atoms with E-state index in [0.717, 1.165) is 31.5 Å². The van der Waals surface area contributed by atoms with Gasteiger partial charge in [0.2, 0.25) is 11.8 Å². The van der Waals surface area contributed by atoms with Crippen LogP contribution in [0.25, 0.3) is 11.5 Å². The number of furan rings is 1. The highest BCUT2D eigenvalue weighted by atomic mass is 16.5. The molecule has 0 unspecified atom stereocenters. The molecule has 1 fully saturated rings. The van der Waals surface area contributed by atoms with Crippen LogP contribution in [0.1, 0.15) is 31.6 Å². The van der Waals surface area contributed by atoms with Crippen molar-refractivity contribution in [2.45, 2.75) is 25.7 Å². The van der Waals surface area contributed by atoms with Gasteiger partial charge >= 0.3 is 0 Å². The number of ether oxygens (including phenoxy) is 1. The molecule has 29 heavy (non-hydrogen) atoms. The summed E-state index contributed by atoms with van der Waals surface area (Å²) in [5.74, 6) is 1.98. The Morgan fingerprint density at radius 2 is 2.07 bits per heavy atom. The number of nitrogens with zero attached hydrogens (tertiary/aromatic N) is 3. The Hall–Kier alpha value is -3.13. The number of amides is 1. The number of piperidine rings is 1. The molecule has 8 heteroatoms. The quantitative estimate of drug-likeness (QED) is 0.653. The van der Waals surface area contributed by atoms with E-state index in [1.165, 1.54) is 0 Å². The molecule has 0 bridgehead atoms. The van der Waals surface area contributed by atoms with Gasteiger partial charge < -0.3 is 18.9 Å². The molecule has 1 aliphatic heterocycles. The topological polar surface area (TPSA) is 93.6 Å². The van der Waals surface area contributed by atoms with E-state index in [1.54, 1.807) is 18.6 Å². The van der Waals surface area contributed by atoms with Crippen molar-refractivity contribution >= 4 is 11.6 Å². The SMILES string of the molecule is CCOc1ccccc1NC(=O)CN1CCC(c2nnc(-c3ccoc3)o2)CC1. The van der Waals surface area contributed by atoms with Gasteiger partial charge in [-0.15, -0.1) is 10.2 Å². The number of anilines is 1. The predicted octanol–water partition coefficient (Wildman–Crippen LogP) is 3.55. The van der Waals surface area contributed by atoms with Gasteiger partial charge in [0.05, 0.1) is 30.7 Å². The van der Waals surface area contributed by atoms with Crippen LogP contribution < -0.4 is 10.1 Å². The second-order valence-electron chi connectivity index (χ2n) is 6.99. The fourth-order valence-corrected chi connectivity index (χ4v) is 3.48. The summed E-state index contributed by atoms with van der Waals surface area (Å²) >= 11 is 0. The number of rotatable bonds is 7. The molecule has 0 aliphatic carbocycles. The first kappa shape index (κ1) is 19.2. The van der Waals surface area contributed by atoms with Crippen molar-refractivity contribution in [1.82, 2.24) is 15.1 Å². The van der Waals surface area contributed by atoms with E-state index in [2.05, 4.69) is 20.4 Å². The van der Waals surface area contributed by atoms with Crippen LogP contribution in [-0.4, -0.2) is 47.2 Å². The van der Waals surface area contributed by atoms with Crippen LogP contribution in [0.5, 0.6) is 5.75 Å². The monoisotopic (exact) mass is 396 g/mol. The van der Waals surface area contributed by atoms with Crippen LogP contribution >= 0.6 is 0 Å². The third-order valence-corrected chi connectivity index (χ3v) is 4.97. The molecule has 152 valence electrons. The average molecular weight is 396 g/mol. The second kappa shape index (κ2) is 8.91. The standard InChI is InChI=1S/C21H24N4O4/c1-2-28-18-6-4-3-5-17(18)22-19(26)13-25-10-7-15(8-11-25)20-23-24-21(29-20)16-9-12-27-14-16/h3-6,9,12,14-15H,2,7-8,10-11,13H2,1H3,(H,22,26). The van der Waals surface area contributed by atoms with Crippen molar-refractivity contribution in [2.24, 2.45) is 0 Å². The summed E-state index contributed by atoms with van der Waals surface area (Å²) in [6, 6.07) is 9.27. The van der Waals surface area contributed by atoms with Crippen LogP contribution in [0.2, 0.25) is 0 Å². The molecule has 0 radical (unpaired) electrons. The van der Waals surface area contributed by atoms with E-state index in [1.807, 2.05) is 31.2 Å². The fraction of sp³-hybridized carbons (Fsp3) is 0.381. The molecule has 1 aliphatic rings. The number of carbonyl (C=O) groups excluding carboxylic acids is 1. The Labute approximate surface area is 168 Å². The molecule has 2 aromatic heterocycles. The van der Waals surface area contributed by atoms with Crippen LogP contribution in [0.3, 0.4) is 0 Å². The lowest BCUT2D eigenvalue weighted by Gasteiger charge is -2.29. The Morgan fingerprint density at radius 1 is 1.24 bits per heavy atom. The largest absolute Gasteiger partial charge is 0.492 e. The predicted molar refractivity (Wildman–Crippen MR) is 107 cm³/mol. The maximum atomic E-state index is 12.5. The van der Waals surface area contributed by atoms with E-state index in [4.69, 9.17) is 13.6 Å². The molecule has 3 heterocycles. The lowest BCUT2D eigenvalue weighted by atomic mass is 9.97. The lowest BCUT2D eigenvalue weighted by Crippen LogP contribution is -2.38. The van der Waals surface area contributed by atoms with Crippen molar-refractivity contribution in [2.75, 3.05) is 31.6 Å². The number of benzene rings is 1. The summed E-state index contributed by atoms with van der Waals surface area (Å²) < 4.78 is 16.4. The molecular weight excluding hydrogens is 372 g/mol. The summed E-state index contributed by atoms with van der Waals surface area (Å²) in [6.07, 6.45) is 4.91. The molecule has 8 nitrogen and oxygen atoms in total. The Kier molecular flexibility index (Phi) is 5.90. The van der Waals surface area contributed by atoms with Crippen LogP contribution in [-0.2, 0) is 4.79 Å². The summed E-state index contributed by atoms with van der Waals surface area (Å²) in [5.41, 5.74) is 1.48. The molecule has 0 spiro atoms. The van der Waals surface area contributed by atoms with E-state index < -0.39 is 0 Å². The van der Waals surface area contributed by atoms with Crippen molar-refractivity contribution in [3.63, 3.8) is 0 Å². The number of hydrogen-bond acceptors (Lipinski definition) is 7. The van der Waals surface area contributed by atoms with Gasteiger partial charge in [-0.2, -0.15) is 0 Å². The summed E-state index contributed by atoms with van der Waals surface area (Å²) in [4.78, 5) is 14.6. The van der Waals surface area contributed by atoms with Crippen LogP contribution in [0, 0.1) is 0 Å². The fourth-order valence-electron chi connectivity index (χ4n) is 3.48. The van der Waals surface area contributed by atoms with Crippen molar-refractivity contribution in [1.29, 1.82) is 0 Å².